The number of sulfone groups is 1. The second kappa shape index (κ2) is 7.59. The molecule has 0 fully saturated rings. The molecule has 2 aromatic rings. The van der Waals surface area contributed by atoms with E-state index in [2.05, 4.69) is 5.32 Å². The zero-order valence-electron chi connectivity index (χ0n) is 12.0. The third-order valence-corrected chi connectivity index (χ3v) is 5.93. The lowest BCUT2D eigenvalue weighted by molar-refractivity contribution is -0.116. The summed E-state index contributed by atoms with van der Waals surface area (Å²) in [6.45, 7) is 0. The van der Waals surface area contributed by atoms with Gasteiger partial charge in [-0.15, -0.1) is 11.3 Å². The van der Waals surface area contributed by atoms with Crippen LogP contribution >= 0.6 is 22.9 Å². The molecular formula is C15H13ClN2O3S2. The van der Waals surface area contributed by atoms with Gasteiger partial charge in [-0.1, -0.05) is 11.6 Å². The van der Waals surface area contributed by atoms with E-state index >= 15 is 0 Å². The molecule has 0 atom stereocenters. The third-order valence-electron chi connectivity index (χ3n) is 3.03. The molecule has 1 aromatic heterocycles. The first kappa shape index (κ1) is 17.5. The van der Waals surface area contributed by atoms with Crippen molar-refractivity contribution in [3.8, 4) is 6.07 Å². The molecule has 1 heterocycles. The van der Waals surface area contributed by atoms with Gasteiger partial charge in [-0.05, 0) is 42.1 Å². The number of halogens is 1. The van der Waals surface area contributed by atoms with E-state index in [-0.39, 0.29) is 29.4 Å². The van der Waals surface area contributed by atoms with Crippen LogP contribution in [0.3, 0.4) is 0 Å². The Bertz CT molecular complexity index is 836. The van der Waals surface area contributed by atoms with Gasteiger partial charge in [-0.2, -0.15) is 5.26 Å². The molecule has 0 saturated heterocycles. The molecule has 0 radical (unpaired) electrons. The molecule has 0 aliphatic heterocycles. The second-order valence-electron chi connectivity index (χ2n) is 4.70. The molecular weight excluding hydrogens is 356 g/mol. The molecule has 1 amide bonds. The number of nitrogens with one attached hydrogen (secondary N) is 1. The van der Waals surface area contributed by atoms with Gasteiger partial charge in [-0.25, -0.2) is 8.42 Å². The van der Waals surface area contributed by atoms with Gasteiger partial charge in [-0.3, -0.25) is 4.79 Å². The monoisotopic (exact) mass is 368 g/mol. The van der Waals surface area contributed by atoms with Gasteiger partial charge in [0.05, 0.1) is 16.2 Å². The summed E-state index contributed by atoms with van der Waals surface area (Å²) in [7, 11) is -3.44. The van der Waals surface area contributed by atoms with Gasteiger partial charge < -0.3 is 5.32 Å². The van der Waals surface area contributed by atoms with Crippen LogP contribution in [-0.4, -0.2) is 20.1 Å². The van der Waals surface area contributed by atoms with Gasteiger partial charge in [0.25, 0.3) is 0 Å². The van der Waals surface area contributed by atoms with E-state index in [9.17, 15) is 13.2 Å². The topological polar surface area (TPSA) is 87.0 Å². The molecule has 0 aliphatic rings. The van der Waals surface area contributed by atoms with Crippen molar-refractivity contribution in [3.63, 3.8) is 0 Å². The predicted molar refractivity (Wildman–Crippen MR) is 90.4 cm³/mol. The lowest BCUT2D eigenvalue weighted by Gasteiger charge is -2.05. The minimum absolute atomic E-state index is 0.0651. The van der Waals surface area contributed by atoms with Crippen molar-refractivity contribution in [1.29, 1.82) is 5.26 Å². The van der Waals surface area contributed by atoms with E-state index in [0.717, 1.165) is 0 Å². The lowest BCUT2D eigenvalue weighted by atomic mass is 10.3. The van der Waals surface area contributed by atoms with Crippen molar-refractivity contribution < 1.29 is 13.2 Å². The number of nitrogens with zero attached hydrogens (tertiary/aromatic N) is 1. The van der Waals surface area contributed by atoms with Crippen molar-refractivity contribution >= 4 is 43.7 Å². The van der Waals surface area contributed by atoms with E-state index < -0.39 is 9.84 Å². The first-order valence-electron chi connectivity index (χ1n) is 6.68. The summed E-state index contributed by atoms with van der Waals surface area (Å²) >= 11 is 6.98. The van der Waals surface area contributed by atoms with Crippen molar-refractivity contribution in [3.05, 3.63) is 46.3 Å². The molecule has 120 valence electrons. The predicted octanol–water partition coefficient (Wildman–Crippen LogP) is 3.47. The average Bonchev–Trinajstić information content (AvgIpc) is 2.94. The molecule has 1 aromatic carbocycles. The van der Waals surface area contributed by atoms with Gasteiger partial charge >= 0.3 is 0 Å². The highest BCUT2D eigenvalue weighted by molar-refractivity contribution is 7.91. The van der Waals surface area contributed by atoms with Gasteiger partial charge in [0.15, 0.2) is 9.84 Å². The zero-order valence-corrected chi connectivity index (χ0v) is 14.3. The average molecular weight is 369 g/mol. The maximum atomic E-state index is 12.1. The van der Waals surface area contributed by atoms with E-state index in [1.54, 1.807) is 11.4 Å². The Morgan fingerprint density at radius 3 is 2.61 bits per heavy atom. The number of anilines is 1. The molecule has 0 spiro atoms. The minimum atomic E-state index is -3.44. The molecule has 1 N–H and O–H groups in total. The van der Waals surface area contributed by atoms with Gasteiger partial charge in [0.2, 0.25) is 5.91 Å². The van der Waals surface area contributed by atoms with Crippen LogP contribution in [0, 0.1) is 11.3 Å². The minimum Gasteiger partial charge on any atom is -0.317 e. The summed E-state index contributed by atoms with van der Waals surface area (Å²) in [5.74, 6) is -0.437. The third kappa shape index (κ3) is 4.79. The van der Waals surface area contributed by atoms with Crippen molar-refractivity contribution in [2.75, 3.05) is 11.1 Å². The Balaban J connectivity index is 1.88. The van der Waals surface area contributed by atoms with Gasteiger partial charge in [0.1, 0.15) is 11.1 Å². The van der Waals surface area contributed by atoms with E-state index in [4.69, 9.17) is 16.9 Å². The smallest absolute Gasteiger partial charge is 0.225 e. The van der Waals surface area contributed by atoms with Crippen LogP contribution in [0.1, 0.15) is 18.4 Å². The highest BCUT2D eigenvalue weighted by Gasteiger charge is 2.15. The molecule has 0 unspecified atom stereocenters. The lowest BCUT2D eigenvalue weighted by Crippen LogP contribution is -2.14. The summed E-state index contributed by atoms with van der Waals surface area (Å²) in [5.41, 5.74) is 0.400. The Kier molecular flexibility index (Phi) is 5.77. The fraction of sp³-hybridized carbons (Fsp3) is 0.200. The first-order chi connectivity index (χ1) is 10.9. The highest BCUT2D eigenvalue weighted by Crippen LogP contribution is 2.22. The number of nitriles is 1. The molecule has 0 bridgehead atoms. The van der Waals surface area contributed by atoms with Crippen LogP contribution in [0.4, 0.5) is 5.00 Å². The largest absolute Gasteiger partial charge is 0.317 e. The first-order valence-corrected chi connectivity index (χ1v) is 9.59. The summed E-state index contributed by atoms with van der Waals surface area (Å²) in [5, 5.41) is 14.1. The summed E-state index contributed by atoms with van der Waals surface area (Å²) in [4.78, 5) is 12.0. The summed E-state index contributed by atoms with van der Waals surface area (Å²) in [6, 6.07) is 9.52. The van der Waals surface area contributed by atoms with Crippen LogP contribution in [0.15, 0.2) is 40.6 Å². The summed E-state index contributed by atoms with van der Waals surface area (Å²) in [6.07, 6.45) is 0.264. The van der Waals surface area contributed by atoms with Crippen molar-refractivity contribution in [1.82, 2.24) is 0 Å². The maximum absolute atomic E-state index is 12.1. The highest BCUT2D eigenvalue weighted by atomic mass is 35.5. The van der Waals surface area contributed by atoms with Crippen LogP contribution in [0.5, 0.6) is 0 Å². The number of rotatable bonds is 6. The molecule has 23 heavy (non-hydrogen) atoms. The fourth-order valence-electron chi connectivity index (χ4n) is 1.87. The quantitative estimate of drug-likeness (QED) is 0.845. The Hall–Kier alpha value is -1.88. The normalized spacial score (nSPS) is 11.0. The Labute approximate surface area is 143 Å². The second-order valence-corrected chi connectivity index (χ2v) is 8.16. The molecule has 0 saturated carbocycles. The standard InChI is InChI=1S/C15H13ClN2O3S2/c16-12-3-5-13(6-4-12)23(20,21)9-1-2-14(19)18-15-11(10-17)7-8-22-15/h3-8H,1-2,9H2,(H,18,19). The summed E-state index contributed by atoms with van der Waals surface area (Å²) < 4.78 is 24.3. The van der Waals surface area contributed by atoms with Crippen molar-refractivity contribution in [2.45, 2.75) is 17.7 Å². The molecule has 2 rings (SSSR count). The number of benzene rings is 1. The van der Waals surface area contributed by atoms with Gasteiger partial charge in [0, 0.05) is 11.4 Å². The number of carbonyl (C=O) groups is 1. The number of thiophene rings is 1. The van der Waals surface area contributed by atoms with E-state index in [1.165, 1.54) is 35.6 Å². The number of hydrogen-bond acceptors (Lipinski definition) is 5. The number of amides is 1. The Morgan fingerprint density at radius 1 is 1.26 bits per heavy atom. The number of carbonyl (C=O) groups excluding carboxylic acids is 1. The SMILES string of the molecule is N#Cc1ccsc1NC(=O)CCCS(=O)(=O)c1ccc(Cl)cc1. The van der Waals surface area contributed by atoms with Crippen LogP contribution in [0.25, 0.3) is 0 Å². The van der Waals surface area contributed by atoms with E-state index in [1.807, 2.05) is 6.07 Å². The molecule has 8 heteroatoms. The van der Waals surface area contributed by atoms with Crippen molar-refractivity contribution in [2.24, 2.45) is 0 Å². The number of hydrogen-bond donors (Lipinski definition) is 1. The molecule has 5 nitrogen and oxygen atoms in total. The van der Waals surface area contributed by atoms with Crippen LogP contribution in [-0.2, 0) is 14.6 Å². The van der Waals surface area contributed by atoms with Crippen LogP contribution in [0.2, 0.25) is 5.02 Å². The fourth-order valence-corrected chi connectivity index (χ4v) is 4.06. The van der Waals surface area contributed by atoms with E-state index in [0.29, 0.717) is 15.6 Å². The zero-order chi connectivity index (χ0) is 16.9. The Morgan fingerprint density at radius 2 is 1.96 bits per heavy atom. The maximum Gasteiger partial charge on any atom is 0.225 e. The molecule has 0 aliphatic carbocycles. The van der Waals surface area contributed by atoms with Crippen LogP contribution < -0.4 is 5.32 Å².